The van der Waals surface area contributed by atoms with E-state index in [-0.39, 0.29) is 17.3 Å². The van der Waals surface area contributed by atoms with Crippen LogP contribution in [0.3, 0.4) is 0 Å². The summed E-state index contributed by atoms with van der Waals surface area (Å²) in [5.74, 6) is 0. The number of nitrogens with two attached hydrogens (primary N) is 1. The standard InChI is InChI=1S/C14H14ClN7O2S2/c15-7-2-1-3-8(4-7)21-14(26)22(20-19-21)10-5-9(17-18-13(16)25)12-23-6-11(10)24-12/h1-4,10-12H,5-6H2,(H3,16,18,25)/b17-9-/t10-,11-,12-/m0/s1. The summed E-state index contributed by atoms with van der Waals surface area (Å²) in [4.78, 5) is 0. The molecule has 0 radical (unpaired) electrons. The van der Waals surface area contributed by atoms with Gasteiger partial charge in [-0.25, -0.2) is 4.68 Å². The first-order chi connectivity index (χ1) is 12.5. The molecule has 0 unspecified atom stereocenters. The van der Waals surface area contributed by atoms with Gasteiger partial charge in [0.05, 0.1) is 24.0 Å². The fourth-order valence-corrected chi connectivity index (χ4v) is 3.49. The van der Waals surface area contributed by atoms with Gasteiger partial charge in [-0.15, -0.1) is 0 Å². The zero-order valence-electron chi connectivity index (χ0n) is 13.3. The molecular weight excluding hydrogens is 398 g/mol. The van der Waals surface area contributed by atoms with Gasteiger partial charge < -0.3 is 15.2 Å². The number of hydrogen-bond acceptors (Lipinski definition) is 7. The van der Waals surface area contributed by atoms with E-state index < -0.39 is 6.29 Å². The smallest absolute Gasteiger partial charge is 0.221 e. The third kappa shape index (κ3) is 3.23. The summed E-state index contributed by atoms with van der Waals surface area (Å²) in [5, 5.41) is 13.2. The van der Waals surface area contributed by atoms with Crippen molar-refractivity contribution in [3.8, 4) is 5.69 Å². The highest BCUT2D eigenvalue weighted by molar-refractivity contribution is 7.80. The number of tetrazole rings is 1. The highest BCUT2D eigenvalue weighted by Gasteiger charge is 2.44. The topological polar surface area (TPSA) is 105 Å². The van der Waals surface area contributed by atoms with Crippen molar-refractivity contribution in [1.82, 2.24) is 25.2 Å². The number of nitrogens with one attached hydrogen (secondary N) is 1. The predicted molar refractivity (Wildman–Crippen MR) is 101 cm³/mol. The summed E-state index contributed by atoms with van der Waals surface area (Å²) in [6.45, 7) is 0.410. The van der Waals surface area contributed by atoms with Gasteiger partial charge in [0, 0.05) is 11.4 Å². The van der Waals surface area contributed by atoms with Gasteiger partial charge in [0.15, 0.2) is 11.4 Å². The fraction of sp³-hybridized carbons (Fsp3) is 0.357. The molecule has 0 amide bonds. The Morgan fingerprint density at radius 3 is 3.04 bits per heavy atom. The Hall–Kier alpha value is -1.92. The molecule has 2 aromatic rings. The number of fused-ring (bicyclic) bond motifs is 2. The molecule has 1 aromatic heterocycles. The Morgan fingerprint density at radius 1 is 1.42 bits per heavy atom. The molecule has 3 atom stereocenters. The van der Waals surface area contributed by atoms with Crippen LogP contribution < -0.4 is 11.2 Å². The zero-order valence-corrected chi connectivity index (χ0v) is 15.7. The van der Waals surface area contributed by atoms with Crippen LogP contribution in [-0.2, 0) is 9.47 Å². The number of benzene rings is 1. The number of ether oxygens (including phenoxy) is 2. The maximum atomic E-state index is 6.05. The summed E-state index contributed by atoms with van der Waals surface area (Å²) < 4.78 is 15.1. The first-order valence-corrected chi connectivity index (χ1v) is 8.92. The molecule has 2 saturated heterocycles. The first kappa shape index (κ1) is 17.5. The highest BCUT2D eigenvalue weighted by atomic mass is 35.5. The van der Waals surface area contributed by atoms with E-state index in [0.717, 1.165) is 5.69 Å². The summed E-state index contributed by atoms with van der Waals surface area (Å²) in [5.41, 5.74) is 9.36. The highest BCUT2D eigenvalue weighted by Crippen LogP contribution is 2.33. The molecule has 9 nitrogen and oxygen atoms in total. The van der Waals surface area contributed by atoms with E-state index in [9.17, 15) is 0 Å². The van der Waals surface area contributed by atoms with Gasteiger partial charge in [-0.1, -0.05) is 17.7 Å². The van der Waals surface area contributed by atoms with E-state index >= 15 is 0 Å². The van der Waals surface area contributed by atoms with E-state index in [1.165, 1.54) is 0 Å². The second-order valence-electron chi connectivity index (χ2n) is 5.79. The summed E-state index contributed by atoms with van der Waals surface area (Å²) in [6, 6.07) is 7.01. The number of rotatable bonds is 3. The second kappa shape index (κ2) is 7.00. The Bertz CT molecular complexity index is 943. The lowest BCUT2D eigenvalue weighted by Crippen LogP contribution is -2.39. The predicted octanol–water partition coefficient (Wildman–Crippen LogP) is 1.33. The van der Waals surface area contributed by atoms with Gasteiger partial charge in [0.2, 0.25) is 4.77 Å². The summed E-state index contributed by atoms with van der Waals surface area (Å²) >= 11 is 16.4. The van der Waals surface area contributed by atoms with Gasteiger partial charge in [-0.2, -0.15) is 9.78 Å². The van der Waals surface area contributed by atoms with Crippen LogP contribution in [0.2, 0.25) is 5.02 Å². The summed E-state index contributed by atoms with van der Waals surface area (Å²) in [7, 11) is 0. The van der Waals surface area contributed by atoms with Crippen LogP contribution >= 0.6 is 36.0 Å². The Morgan fingerprint density at radius 2 is 2.27 bits per heavy atom. The Kier molecular flexibility index (Phi) is 4.71. The number of halogens is 1. The van der Waals surface area contributed by atoms with Crippen LogP contribution in [0.5, 0.6) is 0 Å². The monoisotopic (exact) mass is 411 g/mol. The van der Waals surface area contributed by atoms with Gasteiger partial charge >= 0.3 is 0 Å². The molecule has 136 valence electrons. The van der Waals surface area contributed by atoms with E-state index in [0.29, 0.717) is 28.5 Å². The van der Waals surface area contributed by atoms with Crippen LogP contribution in [-0.4, -0.2) is 49.6 Å². The average Bonchev–Trinajstić information content (AvgIpc) is 3.19. The van der Waals surface area contributed by atoms with Crippen molar-refractivity contribution in [2.24, 2.45) is 10.8 Å². The minimum absolute atomic E-state index is 0.0673. The van der Waals surface area contributed by atoms with Gasteiger partial charge in [0.25, 0.3) is 0 Å². The van der Waals surface area contributed by atoms with Crippen LogP contribution in [0.4, 0.5) is 0 Å². The Balaban J connectivity index is 1.66. The van der Waals surface area contributed by atoms with Crippen molar-refractivity contribution in [3.05, 3.63) is 34.1 Å². The zero-order chi connectivity index (χ0) is 18.3. The second-order valence-corrected chi connectivity index (χ2v) is 7.03. The lowest BCUT2D eigenvalue weighted by molar-refractivity contribution is -0.0324. The van der Waals surface area contributed by atoms with Crippen molar-refractivity contribution in [3.63, 3.8) is 0 Å². The van der Waals surface area contributed by atoms with Crippen molar-refractivity contribution in [2.75, 3.05) is 6.61 Å². The molecule has 12 heteroatoms. The van der Waals surface area contributed by atoms with Crippen LogP contribution in [0, 0.1) is 4.77 Å². The van der Waals surface area contributed by atoms with Crippen LogP contribution in [0.25, 0.3) is 5.69 Å². The third-order valence-electron chi connectivity index (χ3n) is 4.11. The minimum Gasteiger partial charge on any atom is -0.375 e. The van der Waals surface area contributed by atoms with Crippen LogP contribution in [0.15, 0.2) is 29.4 Å². The van der Waals surface area contributed by atoms with E-state index in [4.69, 9.17) is 51.2 Å². The van der Waals surface area contributed by atoms with Crippen molar-refractivity contribution in [1.29, 1.82) is 0 Å². The number of hydrazone groups is 1. The van der Waals surface area contributed by atoms with Crippen LogP contribution in [0.1, 0.15) is 12.5 Å². The Labute approximate surface area is 163 Å². The number of aromatic nitrogens is 4. The molecule has 3 heterocycles. The largest absolute Gasteiger partial charge is 0.375 e. The molecule has 0 spiro atoms. The van der Waals surface area contributed by atoms with Gasteiger partial charge in [0.1, 0.15) is 6.10 Å². The average molecular weight is 412 g/mol. The SMILES string of the molecule is NC(=S)N/N=C1/C[C@H](n2nnn(-c3cccc(Cl)c3)c2=S)[C@@H]2CO[C@H]1O2. The quantitative estimate of drug-likeness (QED) is 0.575. The molecule has 2 fully saturated rings. The van der Waals surface area contributed by atoms with Gasteiger partial charge in [-0.3, -0.25) is 5.43 Å². The molecular formula is C14H14ClN7O2S2. The molecule has 3 N–H and O–H groups in total. The normalized spacial score (nSPS) is 26.2. The summed E-state index contributed by atoms with van der Waals surface area (Å²) in [6.07, 6.45) is -0.191. The van der Waals surface area contributed by atoms with Gasteiger partial charge in [-0.05, 0) is 53.1 Å². The molecule has 0 saturated carbocycles. The lowest BCUT2D eigenvalue weighted by atomic mass is 10.0. The van der Waals surface area contributed by atoms with E-state index in [1.807, 2.05) is 12.1 Å². The fourth-order valence-electron chi connectivity index (χ4n) is 2.94. The van der Waals surface area contributed by atoms with Crippen molar-refractivity contribution in [2.45, 2.75) is 24.9 Å². The maximum Gasteiger partial charge on any atom is 0.221 e. The maximum absolute atomic E-state index is 6.05. The lowest BCUT2D eigenvalue weighted by Gasteiger charge is -2.27. The first-order valence-electron chi connectivity index (χ1n) is 7.72. The van der Waals surface area contributed by atoms with Crippen molar-refractivity contribution >= 4 is 46.9 Å². The molecule has 26 heavy (non-hydrogen) atoms. The number of thiocarbonyl (C=S) groups is 1. The molecule has 2 aliphatic heterocycles. The minimum atomic E-state index is -0.518. The number of hydrogen-bond donors (Lipinski definition) is 2. The molecule has 0 aliphatic carbocycles. The molecule has 2 bridgehead atoms. The molecule has 1 aromatic carbocycles. The third-order valence-corrected chi connectivity index (χ3v) is 4.80. The van der Waals surface area contributed by atoms with E-state index in [1.54, 1.807) is 21.5 Å². The van der Waals surface area contributed by atoms with Crippen molar-refractivity contribution < 1.29 is 9.47 Å². The molecule has 2 aliphatic rings. The number of nitrogens with zero attached hydrogens (tertiary/aromatic N) is 5. The molecule has 4 rings (SSSR count). The van der Waals surface area contributed by atoms with E-state index in [2.05, 4.69) is 21.0 Å².